The lowest BCUT2D eigenvalue weighted by atomic mass is 10.2. The summed E-state index contributed by atoms with van der Waals surface area (Å²) in [7, 11) is 0. The van der Waals surface area contributed by atoms with E-state index in [2.05, 4.69) is 11.4 Å². The highest BCUT2D eigenvalue weighted by atomic mass is 16.5. The first-order valence-electron chi connectivity index (χ1n) is 7.34. The minimum Gasteiger partial charge on any atom is -0.464 e. The summed E-state index contributed by atoms with van der Waals surface area (Å²) >= 11 is 0. The van der Waals surface area contributed by atoms with Crippen molar-refractivity contribution >= 4 is 11.7 Å². The summed E-state index contributed by atoms with van der Waals surface area (Å²) in [5.41, 5.74) is 1.26. The molecule has 0 bridgehead atoms. The number of rotatable bonds is 6. The van der Waals surface area contributed by atoms with Crippen LogP contribution in [0.2, 0.25) is 0 Å². The second-order valence-electron chi connectivity index (χ2n) is 4.85. The molecule has 23 heavy (non-hydrogen) atoms. The van der Waals surface area contributed by atoms with Crippen molar-refractivity contribution in [3.8, 4) is 17.6 Å². The quantitative estimate of drug-likeness (QED) is 0.823. The molecule has 0 radical (unpaired) electrons. The Morgan fingerprint density at radius 3 is 2.57 bits per heavy atom. The number of ether oxygens (including phenoxy) is 2. The van der Waals surface area contributed by atoms with Crippen molar-refractivity contribution in [1.82, 2.24) is 0 Å². The van der Waals surface area contributed by atoms with Gasteiger partial charge in [0, 0.05) is 5.69 Å². The van der Waals surface area contributed by atoms with Crippen LogP contribution in [0, 0.1) is 11.3 Å². The number of carbonyl (C=O) groups excluding carboxylic acids is 1. The van der Waals surface area contributed by atoms with E-state index in [0.717, 1.165) is 5.69 Å². The predicted molar refractivity (Wildman–Crippen MR) is 87.4 cm³/mol. The molecule has 0 heterocycles. The van der Waals surface area contributed by atoms with E-state index in [1.807, 2.05) is 6.07 Å². The fourth-order valence-corrected chi connectivity index (χ4v) is 1.97. The molecule has 5 nitrogen and oxygen atoms in total. The predicted octanol–water partition coefficient (Wildman–Crippen LogP) is 3.71. The summed E-state index contributed by atoms with van der Waals surface area (Å²) in [6, 6.07) is 15.9. The van der Waals surface area contributed by atoms with Crippen LogP contribution in [0.3, 0.4) is 0 Å². The van der Waals surface area contributed by atoms with E-state index in [9.17, 15) is 4.79 Å². The van der Waals surface area contributed by atoms with E-state index in [1.54, 1.807) is 56.3 Å². The Morgan fingerprint density at radius 1 is 1.22 bits per heavy atom. The third-order valence-corrected chi connectivity index (χ3v) is 3.11. The lowest BCUT2D eigenvalue weighted by Crippen LogP contribution is -2.28. The molecule has 0 saturated heterocycles. The molecule has 0 saturated carbocycles. The molecule has 2 rings (SSSR count). The third kappa shape index (κ3) is 4.48. The summed E-state index contributed by atoms with van der Waals surface area (Å²) in [4.78, 5) is 11.6. The van der Waals surface area contributed by atoms with Crippen LogP contribution in [-0.4, -0.2) is 18.6 Å². The number of nitrogens with zero attached hydrogens (tertiary/aromatic N) is 1. The molecule has 0 fully saturated rings. The Kier molecular flexibility index (Phi) is 5.59. The standard InChI is InChI=1S/C18H18N2O3/c1-3-22-18(21)13(2)20-15-8-10-16(11-9-15)23-17-7-5-4-6-14(17)12-19/h4-11,13,20H,3H2,1-2H3. The van der Waals surface area contributed by atoms with Crippen molar-refractivity contribution in [3.05, 3.63) is 54.1 Å². The normalized spacial score (nSPS) is 11.2. The van der Waals surface area contributed by atoms with E-state index >= 15 is 0 Å². The molecular weight excluding hydrogens is 292 g/mol. The molecular formula is C18H18N2O3. The maximum Gasteiger partial charge on any atom is 0.328 e. The number of anilines is 1. The Balaban J connectivity index is 2.02. The Labute approximate surface area is 135 Å². The van der Waals surface area contributed by atoms with Crippen LogP contribution in [-0.2, 0) is 9.53 Å². The molecule has 1 N–H and O–H groups in total. The summed E-state index contributed by atoms with van der Waals surface area (Å²) in [5, 5.41) is 12.1. The van der Waals surface area contributed by atoms with Crippen molar-refractivity contribution in [3.63, 3.8) is 0 Å². The third-order valence-electron chi connectivity index (χ3n) is 3.11. The Bertz CT molecular complexity index is 705. The van der Waals surface area contributed by atoms with E-state index in [0.29, 0.717) is 23.7 Å². The van der Waals surface area contributed by atoms with Gasteiger partial charge in [-0.1, -0.05) is 12.1 Å². The van der Waals surface area contributed by atoms with Gasteiger partial charge in [0.1, 0.15) is 23.6 Å². The van der Waals surface area contributed by atoms with Gasteiger partial charge in [-0.3, -0.25) is 0 Å². The van der Waals surface area contributed by atoms with Gasteiger partial charge in [-0.05, 0) is 50.2 Å². The van der Waals surface area contributed by atoms with Gasteiger partial charge in [-0.15, -0.1) is 0 Å². The van der Waals surface area contributed by atoms with Crippen molar-refractivity contribution in [2.45, 2.75) is 19.9 Å². The number of benzene rings is 2. The van der Waals surface area contributed by atoms with Gasteiger partial charge in [-0.2, -0.15) is 5.26 Å². The Hall–Kier alpha value is -3.00. The van der Waals surface area contributed by atoms with Gasteiger partial charge in [0.15, 0.2) is 0 Å². The van der Waals surface area contributed by atoms with E-state index in [-0.39, 0.29) is 5.97 Å². The van der Waals surface area contributed by atoms with Crippen LogP contribution in [0.1, 0.15) is 19.4 Å². The maximum absolute atomic E-state index is 11.6. The van der Waals surface area contributed by atoms with Gasteiger partial charge in [0.25, 0.3) is 0 Å². The molecule has 2 aromatic rings. The second kappa shape index (κ2) is 7.85. The first-order chi connectivity index (χ1) is 11.1. The molecule has 118 valence electrons. The molecule has 0 amide bonds. The summed E-state index contributed by atoms with van der Waals surface area (Å²) < 4.78 is 10.7. The SMILES string of the molecule is CCOC(=O)C(C)Nc1ccc(Oc2ccccc2C#N)cc1. The fraction of sp³-hybridized carbons (Fsp3) is 0.222. The summed E-state index contributed by atoms with van der Waals surface area (Å²) in [5.74, 6) is 0.827. The average molecular weight is 310 g/mol. The Morgan fingerprint density at radius 2 is 1.91 bits per heavy atom. The number of carbonyl (C=O) groups is 1. The summed E-state index contributed by atoms with van der Waals surface area (Å²) in [6.45, 7) is 3.87. The van der Waals surface area contributed by atoms with Crippen LogP contribution < -0.4 is 10.1 Å². The smallest absolute Gasteiger partial charge is 0.328 e. The summed E-state index contributed by atoms with van der Waals surface area (Å²) in [6.07, 6.45) is 0. The monoisotopic (exact) mass is 310 g/mol. The molecule has 1 unspecified atom stereocenters. The van der Waals surface area contributed by atoms with Crippen LogP contribution in [0.5, 0.6) is 11.5 Å². The lowest BCUT2D eigenvalue weighted by molar-refractivity contribution is -0.143. The van der Waals surface area contributed by atoms with E-state index in [4.69, 9.17) is 14.7 Å². The maximum atomic E-state index is 11.6. The van der Waals surface area contributed by atoms with Crippen LogP contribution in [0.15, 0.2) is 48.5 Å². The molecule has 0 aromatic heterocycles. The number of nitrogens with one attached hydrogen (secondary N) is 1. The highest BCUT2D eigenvalue weighted by Crippen LogP contribution is 2.26. The van der Waals surface area contributed by atoms with Crippen molar-refractivity contribution in [1.29, 1.82) is 5.26 Å². The number of hydrogen-bond acceptors (Lipinski definition) is 5. The van der Waals surface area contributed by atoms with Gasteiger partial charge in [-0.25, -0.2) is 4.79 Å². The molecule has 2 aromatic carbocycles. The first kappa shape index (κ1) is 16.4. The second-order valence-corrected chi connectivity index (χ2v) is 4.85. The van der Waals surface area contributed by atoms with Gasteiger partial charge in [0.2, 0.25) is 0 Å². The molecule has 0 aliphatic rings. The highest BCUT2D eigenvalue weighted by Gasteiger charge is 2.13. The fourth-order valence-electron chi connectivity index (χ4n) is 1.97. The molecule has 0 spiro atoms. The minimum atomic E-state index is -0.430. The average Bonchev–Trinajstić information content (AvgIpc) is 2.57. The zero-order valence-corrected chi connectivity index (χ0v) is 13.1. The van der Waals surface area contributed by atoms with Crippen LogP contribution in [0.25, 0.3) is 0 Å². The topological polar surface area (TPSA) is 71.3 Å². The first-order valence-corrected chi connectivity index (χ1v) is 7.34. The molecule has 0 aliphatic carbocycles. The van der Waals surface area contributed by atoms with Gasteiger partial charge >= 0.3 is 5.97 Å². The molecule has 1 atom stereocenters. The number of nitriles is 1. The van der Waals surface area contributed by atoms with Gasteiger partial charge < -0.3 is 14.8 Å². The zero-order valence-electron chi connectivity index (χ0n) is 13.1. The van der Waals surface area contributed by atoms with Crippen LogP contribution >= 0.6 is 0 Å². The van der Waals surface area contributed by atoms with E-state index in [1.165, 1.54) is 0 Å². The minimum absolute atomic E-state index is 0.296. The van der Waals surface area contributed by atoms with Crippen molar-refractivity contribution in [2.24, 2.45) is 0 Å². The lowest BCUT2D eigenvalue weighted by Gasteiger charge is -2.14. The number of para-hydroxylation sites is 1. The van der Waals surface area contributed by atoms with Crippen LogP contribution in [0.4, 0.5) is 5.69 Å². The van der Waals surface area contributed by atoms with E-state index < -0.39 is 6.04 Å². The largest absolute Gasteiger partial charge is 0.464 e. The highest BCUT2D eigenvalue weighted by molar-refractivity contribution is 5.78. The number of hydrogen-bond donors (Lipinski definition) is 1. The van der Waals surface area contributed by atoms with Crippen molar-refractivity contribution < 1.29 is 14.3 Å². The zero-order chi connectivity index (χ0) is 16.7. The number of esters is 1. The van der Waals surface area contributed by atoms with Crippen molar-refractivity contribution in [2.75, 3.05) is 11.9 Å². The molecule has 5 heteroatoms. The van der Waals surface area contributed by atoms with Gasteiger partial charge in [0.05, 0.1) is 12.2 Å². The molecule has 0 aliphatic heterocycles.